The average molecular weight is 300 g/mol. The van der Waals surface area contributed by atoms with E-state index >= 15 is 0 Å². The molecule has 0 aliphatic heterocycles. The van der Waals surface area contributed by atoms with Crippen LogP contribution in [-0.2, 0) is 0 Å². The van der Waals surface area contributed by atoms with E-state index in [2.05, 4.69) is 5.32 Å². The smallest absolute Gasteiger partial charge is 0.306 e. The molecule has 0 bridgehead atoms. The van der Waals surface area contributed by atoms with Crippen LogP contribution in [0.15, 0.2) is 12.1 Å². The van der Waals surface area contributed by atoms with Crippen LogP contribution >= 0.6 is 0 Å². The maximum Gasteiger partial charge on any atom is 0.306 e. The van der Waals surface area contributed by atoms with Gasteiger partial charge in [-0.05, 0) is 6.42 Å². The Morgan fingerprint density at radius 1 is 1.10 bits per heavy atom. The summed E-state index contributed by atoms with van der Waals surface area (Å²) in [5.41, 5.74) is -2.79. The largest absolute Gasteiger partial charge is 0.394 e. The second-order valence-electron chi connectivity index (χ2n) is 4.06. The molecule has 2 N–H and O–H groups in total. The quantitative estimate of drug-likeness (QED) is 0.566. The molecule has 0 saturated carbocycles. The van der Waals surface area contributed by atoms with Crippen LogP contribution in [0.4, 0.5) is 22.7 Å². The molecule has 0 radical (unpaired) electrons. The van der Waals surface area contributed by atoms with Gasteiger partial charge in [0.25, 0.3) is 5.69 Å². The van der Waals surface area contributed by atoms with Gasteiger partial charge in [-0.2, -0.15) is 0 Å². The number of nitrogens with one attached hydrogen (secondary N) is 1. The topological polar surface area (TPSA) is 162 Å². The van der Waals surface area contributed by atoms with E-state index in [-0.39, 0.29) is 0 Å². The SMILES string of the molecule is CC[C@H](CO)Nc1c([N+](=O)[O-])cc([N+](=O)[O-])cc1[N+](=O)[O-]. The number of aliphatic hydroxyl groups excluding tert-OH is 1. The van der Waals surface area contributed by atoms with Crippen molar-refractivity contribution in [2.24, 2.45) is 0 Å². The Bertz CT molecular complexity index is 550. The summed E-state index contributed by atoms with van der Waals surface area (Å²) < 4.78 is 0. The molecule has 11 nitrogen and oxygen atoms in total. The zero-order valence-electron chi connectivity index (χ0n) is 10.9. The van der Waals surface area contributed by atoms with Gasteiger partial charge >= 0.3 is 11.4 Å². The second-order valence-corrected chi connectivity index (χ2v) is 4.06. The summed E-state index contributed by atoms with van der Waals surface area (Å²) in [7, 11) is 0. The number of hydrogen-bond donors (Lipinski definition) is 2. The number of nitro groups is 3. The molecule has 0 spiro atoms. The molecule has 21 heavy (non-hydrogen) atoms. The minimum atomic E-state index is -0.952. The van der Waals surface area contributed by atoms with Gasteiger partial charge in [0.2, 0.25) is 0 Å². The summed E-state index contributed by atoms with van der Waals surface area (Å²) in [6.07, 6.45) is 0.349. The lowest BCUT2D eigenvalue weighted by atomic mass is 10.1. The molecular weight excluding hydrogens is 288 g/mol. The number of non-ortho nitro benzene ring substituents is 1. The van der Waals surface area contributed by atoms with Gasteiger partial charge in [0.1, 0.15) is 0 Å². The number of hydrogen-bond acceptors (Lipinski definition) is 8. The van der Waals surface area contributed by atoms with Crippen LogP contribution in [0.25, 0.3) is 0 Å². The highest BCUT2D eigenvalue weighted by atomic mass is 16.6. The van der Waals surface area contributed by atoms with E-state index in [0.717, 1.165) is 0 Å². The van der Waals surface area contributed by atoms with Crippen LogP contribution in [-0.4, -0.2) is 32.5 Å². The van der Waals surface area contributed by atoms with Crippen molar-refractivity contribution in [3.05, 3.63) is 42.5 Å². The van der Waals surface area contributed by atoms with Gasteiger partial charge in [-0.1, -0.05) is 6.92 Å². The fourth-order valence-corrected chi connectivity index (χ4v) is 1.62. The van der Waals surface area contributed by atoms with Crippen LogP contribution in [0, 0.1) is 30.3 Å². The maximum absolute atomic E-state index is 11.0. The third-order valence-electron chi connectivity index (χ3n) is 2.75. The number of nitro benzene ring substituents is 3. The molecule has 0 amide bonds. The Hall–Kier alpha value is -2.82. The lowest BCUT2D eigenvalue weighted by Gasteiger charge is -2.15. The molecule has 0 aromatic heterocycles. The third-order valence-corrected chi connectivity index (χ3v) is 2.75. The van der Waals surface area contributed by atoms with Crippen molar-refractivity contribution in [3.63, 3.8) is 0 Å². The van der Waals surface area contributed by atoms with E-state index in [1.807, 2.05) is 0 Å². The summed E-state index contributed by atoms with van der Waals surface area (Å²) in [5, 5.41) is 44.2. The van der Waals surface area contributed by atoms with Gasteiger partial charge in [-0.25, -0.2) is 0 Å². The number of aliphatic hydroxyl groups is 1. The number of rotatable bonds is 7. The lowest BCUT2D eigenvalue weighted by molar-refractivity contribution is -0.401. The van der Waals surface area contributed by atoms with E-state index in [1.54, 1.807) is 6.92 Å². The fourth-order valence-electron chi connectivity index (χ4n) is 1.62. The van der Waals surface area contributed by atoms with E-state index in [4.69, 9.17) is 5.11 Å². The zero-order chi connectivity index (χ0) is 16.2. The number of nitrogens with zero attached hydrogens (tertiary/aromatic N) is 3. The van der Waals surface area contributed by atoms with Crippen molar-refractivity contribution in [2.45, 2.75) is 19.4 Å². The van der Waals surface area contributed by atoms with Crippen molar-refractivity contribution in [2.75, 3.05) is 11.9 Å². The van der Waals surface area contributed by atoms with Gasteiger partial charge in [-0.3, -0.25) is 30.3 Å². The van der Waals surface area contributed by atoms with Gasteiger partial charge in [0, 0.05) is 6.04 Å². The lowest BCUT2D eigenvalue weighted by Crippen LogP contribution is -2.23. The molecule has 11 heteroatoms. The van der Waals surface area contributed by atoms with Crippen LogP contribution in [0.5, 0.6) is 0 Å². The molecular formula is C10H12N4O7. The van der Waals surface area contributed by atoms with E-state index < -0.39 is 50.2 Å². The second kappa shape index (κ2) is 6.56. The molecule has 0 aliphatic rings. The van der Waals surface area contributed by atoms with Crippen LogP contribution < -0.4 is 5.32 Å². The molecule has 1 rings (SSSR count). The Morgan fingerprint density at radius 3 is 1.86 bits per heavy atom. The Labute approximate surface area is 117 Å². The van der Waals surface area contributed by atoms with E-state index in [0.29, 0.717) is 18.6 Å². The monoisotopic (exact) mass is 300 g/mol. The Balaban J connectivity index is 3.53. The molecule has 0 aliphatic carbocycles. The predicted molar refractivity (Wildman–Crippen MR) is 71.2 cm³/mol. The Morgan fingerprint density at radius 2 is 1.57 bits per heavy atom. The molecule has 0 saturated heterocycles. The van der Waals surface area contributed by atoms with Gasteiger partial charge in [-0.15, -0.1) is 0 Å². The third kappa shape index (κ3) is 3.60. The highest BCUT2D eigenvalue weighted by Gasteiger charge is 2.31. The standard InChI is InChI=1S/C10H12N4O7/c1-2-6(5-15)11-10-8(13(18)19)3-7(12(16)17)4-9(10)14(20)21/h3-4,6,11,15H,2,5H2,1H3/t6-/m1/s1. The molecule has 114 valence electrons. The minimum Gasteiger partial charge on any atom is -0.394 e. The number of benzene rings is 1. The van der Waals surface area contributed by atoms with Crippen molar-refractivity contribution < 1.29 is 19.9 Å². The van der Waals surface area contributed by atoms with E-state index in [1.165, 1.54) is 0 Å². The van der Waals surface area contributed by atoms with Gasteiger partial charge in [0.05, 0.1) is 33.5 Å². The summed E-state index contributed by atoms with van der Waals surface area (Å²) >= 11 is 0. The average Bonchev–Trinajstić information content (AvgIpc) is 2.43. The molecule has 0 unspecified atom stereocenters. The molecule has 1 aromatic rings. The highest BCUT2D eigenvalue weighted by molar-refractivity contribution is 5.77. The zero-order valence-corrected chi connectivity index (χ0v) is 10.9. The first-order valence-electron chi connectivity index (χ1n) is 5.80. The van der Waals surface area contributed by atoms with Crippen molar-refractivity contribution in [1.82, 2.24) is 0 Å². The fraction of sp³-hybridized carbons (Fsp3) is 0.400. The van der Waals surface area contributed by atoms with Crippen LogP contribution in [0.3, 0.4) is 0 Å². The normalized spacial score (nSPS) is 11.7. The van der Waals surface area contributed by atoms with Crippen LogP contribution in [0.2, 0.25) is 0 Å². The summed E-state index contributed by atoms with van der Waals surface area (Å²) in [6, 6.07) is 0.627. The predicted octanol–water partition coefficient (Wildman–Crippen LogP) is 1.59. The number of anilines is 1. The Kier molecular flexibility index (Phi) is 5.07. The summed E-state index contributed by atoms with van der Waals surface area (Å²) in [5.74, 6) is 0. The first-order chi connectivity index (χ1) is 9.81. The van der Waals surface area contributed by atoms with Gasteiger partial charge < -0.3 is 10.4 Å². The minimum absolute atomic E-state index is 0.349. The first-order valence-corrected chi connectivity index (χ1v) is 5.80. The van der Waals surface area contributed by atoms with Crippen molar-refractivity contribution in [1.29, 1.82) is 0 Å². The van der Waals surface area contributed by atoms with Gasteiger partial charge in [0.15, 0.2) is 5.69 Å². The first kappa shape index (κ1) is 16.2. The molecule has 0 fully saturated rings. The molecule has 0 heterocycles. The summed E-state index contributed by atoms with van der Waals surface area (Å²) in [6.45, 7) is 1.26. The highest BCUT2D eigenvalue weighted by Crippen LogP contribution is 2.38. The van der Waals surface area contributed by atoms with Crippen molar-refractivity contribution in [3.8, 4) is 0 Å². The van der Waals surface area contributed by atoms with Crippen LogP contribution in [0.1, 0.15) is 13.3 Å². The maximum atomic E-state index is 11.0. The molecule has 1 atom stereocenters. The van der Waals surface area contributed by atoms with E-state index in [9.17, 15) is 30.3 Å². The molecule has 1 aromatic carbocycles. The summed E-state index contributed by atoms with van der Waals surface area (Å²) in [4.78, 5) is 29.8. The van der Waals surface area contributed by atoms with Crippen molar-refractivity contribution >= 4 is 22.7 Å².